The maximum Gasteiger partial charge on any atom is 0.348 e. The predicted molar refractivity (Wildman–Crippen MR) is 98.6 cm³/mol. The van der Waals surface area contributed by atoms with Crippen molar-refractivity contribution in [3.63, 3.8) is 0 Å². The lowest BCUT2D eigenvalue weighted by Crippen LogP contribution is -2.30. The van der Waals surface area contributed by atoms with Gasteiger partial charge in [-0.2, -0.15) is 4.31 Å². The predicted octanol–water partition coefficient (Wildman–Crippen LogP) is 2.31. The highest BCUT2D eigenvalue weighted by Gasteiger charge is 2.32. The van der Waals surface area contributed by atoms with Crippen molar-refractivity contribution in [1.82, 2.24) is 9.62 Å². The van der Waals surface area contributed by atoms with Gasteiger partial charge in [0.2, 0.25) is 10.0 Å². The summed E-state index contributed by atoms with van der Waals surface area (Å²) in [7, 11) is -1.63. The molecule has 1 atom stereocenters. The van der Waals surface area contributed by atoms with Crippen molar-refractivity contribution >= 4 is 37.4 Å². The maximum absolute atomic E-state index is 12.9. The highest BCUT2D eigenvalue weighted by molar-refractivity contribution is 7.89. The van der Waals surface area contributed by atoms with Crippen LogP contribution < -0.4 is 5.32 Å². The third-order valence-electron chi connectivity index (χ3n) is 4.34. The number of nitrogens with zero attached hydrogens (tertiary/aromatic N) is 1. The van der Waals surface area contributed by atoms with Crippen molar-refractivity contribution in [2.24, 2.45) is 5.92 Å². The molecule has 25 heavy (non-hydrogen) atoms. The van der Waals surface area contributed by atoms with Gasteiger partial charge in [0, 0.05) is 17.8 Å². The van der Waals surface area contributed by atoms with Crippen molar-refractivity contribution in [3.05, 3.63) is 29.1 Å². The first-order valence-corrected chi connectivity index (χ1v) is 10.6. The van der Waals surface area contributed by atoms with E-state index in [-0.39, 0.29) is 10.9 Å². The molecule has 0 spiro atoms. The molecule has 1 aromatic carbocycles. The molecule has 1 aromatic heterocycles. The van der Waals surface area contributed by atoms with Crippen LogP contribution in [0.4, 0.5) is 0 Å². The third kappa shape index (κ3) is 3.72. The van der Waals surface area contributed by atoms with E-state index in [1.807, 2.05) is 7.05 Å². The number of fused-ring (bicyclic) bond motifs is 1. The number of ether oxygens (including phenoxy) is 1. The van der Waals surface area contributed by atoms with E-state index in [1.165, 1.54) is 11.3 Å². The van der Waals surface area contributed by atoms with E-state index in [2.05, 4.69) is 5.32 Å². The molecule has 0 amide bonds. The first-order chi connectivity index (χ1) is 12.0. The van der Waals surface area contributed by atoms with E-state index < -0.39 is 10.0 Å². The van der Waals surface area contributed by atoms with Gasteiger partial charge in [-0.05, 0) is 62.5 Å². The molecule has 0 aliphatic carbocycles. The van der Waals surface area contributed by atoms with Crippen LogP contribution in [-0.4, -0.2) is 52.0 Å². The topological polar surface area (TPSA) is 75.7 Å². The molecule has 0 saturated carbocycles. The van der Waals surface area contributed by atoms with Crippen molar-refractivity contribution in [2.75, 3.05) is 33.3 Å². The van der Waals surface area contributed by atoms with Gasteiger partial charge >= 0.3 is 5.97 Å². The Labute approximate surface area is 151 Å². The summed E-state index contributed by atoms with van der Waals surface area (Å²) in [4.78, 5) is 12.6. The second-order valence-electron chi connectivity index (χ2n) is 6.11. The summed E-state index contributed by atoms with van der Waals surface area (Å²) < 4.78 is 33.2. The van der Waals surface area contributed by atoms with Crippen LogP contribution in [0.15, 0.2) is 29.2 Å². The standard InChI is InChI=1S/C17H22N2O4S2/c1-3-23-17(20)16-9-13-8-14(4-5-15(13)24-16)25(21,22)19-7-6-12(11-19)10-18-2/h4-5,8-9,12,18H,3,6-7,10-11H2,1-2H3. The molecule has 2 aromatic rings. The normalized spacial score (nSPS) is 18.7. The number of carbonyl (C=O) groups is 1. The summed E-state index contributed by atoms with van der Waals surface area (Å²) in [6, 6.07) is 6.73. The minimum Gasteiger partial charge on any atom is -0.462 e. The average Bonchev–Trinajstić information content (AvgIpc) is 3.21. The Balaban J connectivity index is 1.87. The molecule has 3 rings (SSSR count). The number of thiophene rings is 1. The monoisotopic (exact) mass is 382 g/mol. The lowest BCUT2D eigenvalue weighted by atomic mass is 10.1. The first-order valence-electron chi connectivity index (χ1n) is 8.31. The fraction of sp³-hybridized carbons (Fsp3) is 0.471. The minimum atomic E-state index is -3.51. The molecule has 2 heterocycles. The number of rotatable bonds is 6. The first kappa shape index (κ1) is 18.3. The van der Waals surface area contributed by atoms with Crippen LogP contribution in [0, 0.1) is 5.92 Å². The molecule has 136 valence electrons. The lowest BCUT2D eigenvalue weighted by molar-refractivity contribution is 0.0532. The van der Waals surface area contributed by atoms with E-state index in [0.717, 1.165) is 23.1 Å². The fourth-order valence-electron chi connectivity index (χ4n) is 3.10. The second-order valence-corrected chi connectivity index (χ2v) is 9.13. The van der Waals surface area contributed by atoms with Crippen LogP contribution in [0.3, 0.4) is 0 Å². The van der Waals surface area contributed by atoms with Crippen molar-refractivity contribution in [1.29, 1.82) is 0 Å². The zero-order valence-electron chi connectivity index (χ0n) is 14.3. The molecule has 0 radical (unpaired) electrons. The van der Waals surface area contributed by atoms with Crippen LogP contribution >= 0.6 is 11.3 Å². The summed E-state index contributed by atoms with van der Waals surface area (Å²) in [5.41, 5.74) is 0. The van der Waals surface area contributed by atoms with Gasteiger partial charge in [-0.1, -0.05) is 0 Å². The van der Waals surface area contributed by atoms with Gasteiger partial charge in [-0.3, -0.25) is 0 Å². The average molecular weight is 383 g/mol. The fourth-order valence-corrected chi connectivity index (χ4v) is 5.61. The Kier molecular flexibility index (Phi) is 5.43. The van der Waals surface area contributed by atoms with Crippen LogP contribution in [0.2, 0.25) is 0 Å². The zero-order valence-corrected chi connectivity index (χ0v) is 16.0. The lowest BCUT2D eigenvalue weighted by Gasteiger charge is -2.16. The number of carbonyl (C=O) groups excluding carboxylic acids is 1. The van der Waals surface area contributed by atoms with Crippen LogP contribution in [0.25, 0.3) is 10.1 Å². The zero-order chi connectivity index (χ0) is 18.0. The van der Waals surface area contributed by atoms with Crippen molar-refractivity contribution in [2.45, 2.75) is 18.2 Å². The number of esters is 1. The van der Waals surface area contributed by atoms with Gasteiger partial charge in [0.15, 0.2) is 0 Å². The molecule has 1 fully saturated rings. The van der Waals surface area contributed by atoms with Gasteiger partial charge in [-0.15, -0.1) is 11.3 Å². The van der Waals surface area contributed by atoms with Gasteiger partial charge in [0.1, 0.15) is 4.88 Å². The Morgan fingerprint density at radius 2 is 2.20 bits per heavy atom. The minimum absolute atomic E-state index is 0.276. The molecule has 8 heteroatoms. The Bertz CT molecular complexity index is 876. The molecule has 1 unspecified atom stereocenters. The van der Waals surface area contributed by atoms with Gasteiger partial charge in [0.05, 0.1) is 11.5 Å². The molecule has 1 aliphatic rings. The molecule has 1 aliphatic heterocycles. The number of sulfonamides is 1. The number of benzene rings is 1. The summed E-state index contributed by atoms with van der Waals surface area (Å²) in [6.45, 7) is 3.98. The highest BCUT2D eigenvalue weighted by atomic mass is 32.2. The van der Waals surface area contributed by atoms with E-state index in [4.69, 9.17) is 4.74 Å². The van der Waals surface area contributed by atoms with Crippen LogP contribution in [0.5, 0.6) is 0 Å². The van der Waals surface area contributed by atoms with Gasteiger partial charge in [-0.25, -0.2) is 13.2 Å². The second kappa shape index (κ2) is 7.41. The Hall–Kier alpha value is -1.48. The highest BCUT2D eigenvalue weighted by Crippen LogP contribution is 2.31. The van der Waals surface area contributed by atoms with E-state index in [1.54, 1.807) is 35.5 Å². The molecular formula is C17H22N2O4S2. The number of hydrogen-bond acceptors (Lipinski definition) is 6. The van der Waals surface area contributed by atoms with Crippen LogP contribution in [0.1, 0.15) is 23.0 Å². The number of hydrogen-bond donors (Lipinski definition) is 1. The van der Waals surface area contributed by atoms with E-state index in [9.17, 15) is 13.2 Å². The SMILES string of the molecule is CCOC(=O)c1cc2cc(S(=O)(=O)N3CCC(CNC)C3)ccc2s1. The largest absolute Gasteiger partial charge is 0.462 e. The summed E-state index contributed by atoms with van der Waals surface area (Å²) in [5.74, 6) is -0.0253. The maximum atomic E-state index is 12.9. The van der Waals surface area contributed by atoms with Gasteiger partial charge < -0.3 is 10.1 Å². The molecule has 1 saturated heterocycles. The van der Waals surface area contributed by atoms with E-state index >= 15 is 0 Å². The molecular weight excluding hydrogens is 360 g/mol. The summed E-state index contributed by atoms with van der Waals surface area (Å²) in [6.07, 6.45) is 0.869. The Morgan fingerprint density at radius 3 is 2.92 bits per heavy atom. The molecule has 6 nitrogen and oxygen atoms in total. The quantitative estimate of drug-likeness (QED) is 0.776. The van der Waals surface area contributed by atoms with Crippen molar-refractivity contribution in [3.8, 4) is 0 Å². The summed E-state index contributed by atoms with van der Waals surface area (Å²) >= 11 is 1.31. The molecule has 1 N–H and O–H groups in total. The Morgan fingerprint density at radius 1 is 1.40 bits per heavy atom. The number of nitrogens with one attached hydrogen (secondary N) is 1. The van der Waals surface area contributed by atoms with Crippen molar-refractivity contribution < 1.29 is 17.9 Å². The van der Waals surface area contributed by atoms with Crippen LogP contribution in [-0.2, 0) is 14.8 Å². The summed E-state index contributed by atoms with van der Waals surface area (Å²) in [5, 5.41) is 3.86. The smallest absolute Gasteiger partial charge is 0.348 e. The van der Waals surface area contributed by atoms with E-state index in [0.29, 0.717) is 30.5 Å². The van der Waals surface area contributed by atoms with Gasteiger partial charge in [0.25, 0.3) is 0 Å². The molecule has 0 bridgehead atoms. The third-order valence-corrected chi connectivity index (χ3v) is 7.30.